The van der Waals surface area contributed by atoms with Crippen LogP contribution in [0.3, 0.4) is 0 Å². The van der Waals surface area contributed by atoms with Gasteiger partial charge in [0.2, 0.25) is 0 Å². The second-order valence-corrected chi connectivity index (χ2v) is 5.29. The highest BCUT2D eigenvalue weighted by atomic mass is 79.9. The number of nitrogens with one attached hydrogen (secondary N) is 1. The van der Waals surface area contributed by atoms with Gasteiger partial charge in [0.1, 0.15) is 0 Å². The molecule has 0 aromatic heterocycles. The van der Waals surface area contributed by atoms with Crippen molar-refractivity contribution in [2.75, 3.05) is 20.1 Å². The van der Waals surface area contributed by atoms with Crippen LogP contribution in [0.2, 0.25) is 5.02 Å². The molecule has 16 heavy (non-hydrogen) atoms. The van der Waals surface area contributed by atoms with Crippen molar-refractivity contribution in [3.8, 4) is 0 Å². The molecule has 1 N–H and O–H groups in total. The summed E-state index contributed by atoms with van der Waals surface area (Å²) in [6, 6.07) is 6.65. The summed E-state index contributed by atoms with van der Waals surface area (Å²) in [5, 5.41) is 4.11. The number of nitrogens with zero attached hydrogens (tertiary/aromatic N) is 1. The molecule has 0 atom stereocenters. The third-order valence-electron chi connectivity index (χ3n) is 2.81. The van der Waals surface area contributed by atoms with E-state index in [0.717, 1.165) is 29.1 Å². The Morgan fingerprint density at radius 1 is 1.50 bits per heavy atom. The van der Waals surface area contributed by atoms with Crippen molar-refractivity contribution in [1.82, 2.24) is 10.2 Å². The number of halogens is 3. The normalized spacial score (nSPS) is 15.8. The van der Waals surface area contributed by atoms with Crippen LogP contribution in [0.5, 0.6) is 0 Å². The fourth-order valence-corrected chi connectivity index (χ4v) is 2.23. The molecule has 0 saturated carbocycles. The summed E-state index contributed by atoms with van der Waals surface area (Å²) in [4.78, 5) is 2.34. The standard InChI is InChI=1S/C11H14BrClN2.ClH/c1-15(10-5-14-6-10)7-8-4-9(12)2-3-11(8)13;/h2-4,10,14H,5-7H2,1H3;1H. The third kappa shape index (κ3) is 3.34. The van der Waals surface area contributed by atoms with E-state index in [2.05, 4.69) is 39.3 Å². The zero-order valence-electron chi connectivity index (χ0n) is 9.04. The fourth-order valence-electron chi connectivity index (χ4n) is 1.65. The largest absolute Gasteiger partial charge is 0.314 e. The molecule has 2 nitrogen and oxygen atoms in total. The van der Waals surface area contributed by atoms with Gasteiger partial charge < -0.3 is 5.32 Å². The molecule has 1 aromatic carbocycles. The van der Waals surface area contributed by atoms with E-state index in [0.29, 0.717) is 6.04 Å². The van der Waals surface area contributed by atoms with Crippen molar-refractivity contribution in [2.24, 2.45) is 0 Å². The molecule has 1 fully saturated rings. The van der Waals surface area contributed by atoms with Gasteiger partial charge in [-0.2, -0.15) is 0 Å². The van der Waals surface area contributed by atoms with Crippen molar-refractivity contribution in [1.29, 1.82) is 0 Å². The summed E-state index contributed by atoms with van der Waals surface area (Å²) < 4.78 is 1.09. The van der Waals surface area contributed by atoms with Crippen LogP contribution in [-0.4, -0.2) is 31.1 Å². The molecular formula is C11H15BrCl2N2. The minimum Gasteiger partial charge on any atom is -0.314 e. The highest BCUT2D eigenvalue weighted by Crippen LogP contribution is 2.22. The molecular weight excluding hydrogens is 311 g/mol. The Morgan fingerprint density at radius 3 is 2.75 bits per heavy atom. The van der Waals surface area contributed by atoms with E-state index in [-0.39, 0.29) is 12.4 Å². The van der Waals surface area contributed by atoms with Crippen LogP contribution in [-0.2, 0) is 6.54 Å². The number of hydrogen-bond donors (Lipinski definition) is 1. The molecule has 5 heteroatoms. The summed E-state index contributed by atoms with van der Waals surface area (Å²) in [5.41, 5.74) is 1.18. The Morgan fingerprint density at radius 2 is 2.19 bits per heavy atom. The van der Waals surface area contributed by atoms with Gasteiger partial charge >= 0.3 is 0 Å². The second kappa shape index (κ2) is 6.22. The van der Waals surface area contributed by atoms with Crippen LogP contribution in [0.1, 0.15) is 5.56 Å². The molecule has 0 unspecified atom stereocenters. The molecule has 0 radical (unpaired) electrons. The summed E-state index contributed by atoms with van der Waals surface area (Å²) in [7, 11) is 2.14. The van der Waals surface area contributed by atoms with E-state index in [9.17, 15) is 0 Å². The number of likely N-dealkylation sites (N-methyl/N-ethyl adjacent to an activating group) is 1. The minimum absolute atomic E-state index is 0. The summed E-state index contributed by atoms with van der Waals surface area (Å²) in [5.74, 6) is 0. The minimum atomic E-state index is 0. The van der Waals surface area contributed by atoms with Crippen LogP contribution >= 0.6 is 39.9 Å². The van der Waals surface area contributed by atoms with Gasteiger partial charge in [0.05, 0.1) is 0 Å². The maximum atomic E-state index is 6.14. The molecule has 1 aromatic rings. The average molecular weight is 326 g/mol. The van der Waals surface area contributed by atoms with Gasteiger partial charge in [-0.3, -0.25) is 4.90 Å². The Balaban J connectivity index is 0.00000128. The Hall–Kier alpha value is 0.200. The van der Waals surface area contributed by atoms with Crippen LogP contribution in [0.4, 0.5) is 0 Å². The topological polar surface area (TPSA) is 15.3 Å². The predicted octanol–water partition coefficient (Wildman–Crippen LogP) is 2.93. The fraction of sp³-hybridized carbons (Fsp3) is 0.455. The summed E-state index contributed by atoms with van der Waals surface area (Å²) >= 11 is 9.61. The molecule has 1 aliphatic rings. The van der Waals surface area contributed by atoms with Crippen molar-refractivity contribution >= 4 is 39.9 Å². The van der Waals surface area contributed by atoms with E-state index in [4.69, 9.17) is 11.6 Å². The van der Waals surface area contributed by atoms with Crippen molar-refractivity contribution < 1.29 is 0 Å². The SMILES string of the molecule is CN(Cc1cc(Br)ccc1Cl)C1CNC1.Cl. The monoisotopic (exact) mass is 324 g/mol. The predicted molar refractivity (Wildman–Crippen MR) is 74.5 cm³/mol. The molecule has 0 amide bonds. The number of rotatable bonds is 3. The lowest BCUT2D eigenvalue weighted by Crippen LogP contribution is -2.55. The van der Waals surface area contributed by atoms with Crippen molar-refractivity contribution in [3.05, 3.63) is 33.3 Å². The van der Waals surface area contributed by atoms with E-state index >= 15 is 0 Å². The number of benzene rings is 1. The first kappa shape index (κ1) is 14.3. The van der Waals surface area contributed by atoms with Gasteiger partial charge in [-0.25, -0.2) is 0 Å². The van der Waals surface area contributed by atoms with E-state index in [1.165, 1.54) is 5.56 Å². The first-order valence-electron chi connectivity index (χ1n) is 5.01. The summed E-state index contributed by atoms with van der Waals surface area (Å²) in [6.07, 6.45) is 0. The average Bonchev–Trinajstić information content (AvgIpc) is 2.08. The smallest absolute Gasteiger partial charge is 0.0451 e. The second-order valence-electron chi connectivity index (χ2n) is 3.96. The van der Waals surface area contributed by atoms with Crippen molar-refractivity contribution in [2.45, 2.75) is 12.6 Å². The molecule has 0 aliphatic carbocycles. The van der Waals surface area contributed by atoms with Crippen LogP contribution in [0, 0.1) is 0 Å². The lowest BCUT2D eigenvalue weighted by atomic mass is 10.1. The lowest BCUT2D eigenvalue weighted by Gasteiger charge is -2.35. The van der Waals surface area contributed by atoms with Crippen molar-refractivity contribution in [3.63, 3.8) is 0 Å². The molecule has 90 valence electrons. The van der Waals surface area contributed by atoms with Crippen LogP contribution in [0.25, 0.3) is 0 Å². The van der Waals surface area contributed by atoms with E-state index in [1.807, 2.05) is 12.1 Å². The summed E-state index contributed by atoms with van der Waals surface area (Å²) in [6.45, 7) is 3.08. The van der Waals surface area contributed by atoms with E-state index < -0.39 is 0 Å². The maximum absolute atomic E-state index is 6.14. The zero-order valence-corrected chi connectivity index (χ0v) is 12.2. The molecule has 1 aliphatic heterocycles. The molecule has 0 spiro atoms. The Kier molecular flexibility index (Phi) is 5.54. The van der Waals surface area contributed by atoms with Crippen LogP contribution in [0.15, 0.2) is 22.7 Å². The third-order valence-corrected chi connectivity index (χ3v) is 3.67. The van der Waals surface area contributed by atoms with Gasteiger partial charge in [-0.15, -0.1) is 12.4 Å². The first-order chi connectivity index (χ1) is 7.16. The first-order valence-corrected chi connectivity index (χ1v) is 6.19. The highest BCUT2D eigenvalue weighted by Gasteiger charge is 2.21. The maximum Gasteiger partial charge on any atom is 0.0451 e. The molecule has 1 saturated heterocycles. The van der Waals surface area contributed by atoms with E-state index in [1.54, 1.807) is 0 Å². The highest BCUT2D eigenvalue weighted by molar-refractivity contribution is 9.10. The van der Waals surface area contributed by atoms with Gasteiger partial charge in [-0.05, 0) is 30.8 Å². The van der Waals surface area contributed by atoms with Crippen LogP contribution < -0.4 is 5.32 Å². The lowest BCUT2D eigenvalue weighted by molar-refractivity contribution is 0.173. The zero-order chi connectivity index (χ0) is 10.8. The number of hydrogen-bond acceptors (Lipinski definition) is 2. The van der Waals surface area contributed by atoms with Gasteiger partial charge in [-0.1, -0.05) is 27.5 Å². The Labute approximate surface area is 116 Å². The molecule has 0 bridgehead atoms. The quantitative estimate of drug-likeness (QED) is 0.919. The molecule has 2 rings (SSSR count). The van der Waals surface area contributed by atoms with Gasteiger partial charge in [0, 0.05) is 35.2 Å². The Bertz CT molecular complexity index is 356. The van der Waals surface area contributed by atoms with Gasteiger partial charge in [0.15, 0.2) is 0 Å². The molecule has 1 heterocycles. The van der Waals surface area contributed by atoms with Gasteiger partial charge in [0.25, 0.3) is 0 Å².